The van der Waals surface area contributed by atoms with Gasteiger partial charge in [0, 0.05) is 5.56 Å². The average molecular weight is 558 g/mol. The Morgan fingerprint density at radius 2 is 1.43 bits per heavy atom. The molecule has 216 valence electrons. The van der Waals surface area contributed by atoms with E-state index in [1.54, 1.807) is 0 Å². The largest absolute Gasteiger partial charge is 0.455 e. The molecule has 1 aromatic heterocycles. The molecule has 3 nitrogen and oxygen atoms in total. The van der Waals surface area contributed by atoms with E-state index in [1.807, 2.05) is 6.33 Å². The summed E-state index contributed by atoms with van der Waals surface area (Å²) in [7, 11) is 2.11. The van der Waals surface area contributed by atoms with Crippen molar-refractivity contribution in [3.05, 3.63) is 82.7 Å². The van der Waals surface area contributed by atoms with E-state index in [4.69, 9.17) is 9.72 Å². The van der Waals surface area contributed by atoms with Crippen molar-refractivity contribution in [1.29, 1.82) is 0 Å². The summed E-state index contributed by atoms with van der Waals surface area (Å²) in [6, 6.07) is 18.3. The van der Waals surface area contributed by atoms with Crippen LogP contribution in [0.3, 0.4) is 0 Å². The lowest BCUT2D eigenvalue weighted by Crippen LogP contribution is -2.33. The van der Waals surface area contributed by atoms with Crippen LogP contribution in [-0.4, -0.2) is 4.98 Å². The van der Waals surface area contributed by atoms with Gasteiger partial charge in [0.15, 0.2) is 11.2 Å². The predicted molar refractivity (Wildman–Crippen MR) is 177 cm³/mol. The van der Waals surface area contributed by atoms with Crippen molar-refractivity contribution >= 4 is 21.7 Å². The molecular formula is C39H45N2O+. The Labute approximate surface area is 251 Å². The van der Waals surface area contributed by atoms with Crippen LogP contribution in [0, 0.1) is 12.8 Å². The third kappa shape index (κ3) is 4.49. The molecule has 0 unspecified atom stereocenters. The SMILES string of the molecule is Cc1c2c(c(CC(C)C)c3ccccc13)Oc1cc(-c3c(C(C)C)cc(C(C)C)cc3C(C)C)cc3nc[n+](C)c-2c13. The summed E-state index contributed by atoms with van der Waals surface area (Å²) in [6.07, 6.45) is 2.94. The molecule has 0 radical (unpaired) electrons. The van der Waals surface area contributed by atoms with E-state index >= 15 is 0 Å². The number of nitrogens with zero attached hydrogens (tertiary/aromatic N) is 2. The highest BCUT2D eigenvalue weighted by atomic mass is 16.5. The average Bonchev–Trinajstić information content (AvgIpc) is 2.95. The smallest absolute Gasteiger partial charge is 0.287 e. The first-order valence-corrected chi connectivity index (χ1v) is 15.7. The summed E-state index contributed by atoms with van der Waals surface area (Å²) in [5, 5.41) is 3.69. The van der Waals surface area contributed by atoms with Gasteiger partial charge in [-0.1, -0.05) is 91.8 Å². The second kappa shape index (κ2) is 10.5. The summed E-state index contributed by atoms with van der Waals surface area (Å²) >= 11 is 0. The number of hydrogen-bond donors (Lipinski definition) is 0. The fraction of sp³-hybridized carbons (Fsp3) is 0.385. The first kappa shape index (κ1) is 28.4. The second-order valence-electron chi connectivity index (χ2n) is 13.7. The lowest BCUT2D eigenvalue weighted by molar-refractivity contribution is -0.662. The molecule has 1 aliphatic rings. The molecule has 0 N–H and O–H groups in total. The van der Waals surface area contributed by atoms with Gasteiger partial charge in [-0.15, -0.1) is 0 Å². The minimum absolute atomic E-state index is 0.397. The maximum absolute atomic E-state index is 7.10. The molecule has 0 amide bonds. The highest BCUT2D eigenvalue weighted by Gasteiger charge is 2.33. The van der Waals surface area contributed by atoms with Crippen LogP contribution < -0.4 is 9.30 Å². The summed E-state index contributed by atoms with van der Waals surface area (Å²) < 4.78 is 9.28. The molecule has 6 rings (SSSR count). The molecule has 3 heteroatoms. The summed E-state index contributed by atoms with van der Waals surface area (Å²) in [5.74, 6) is 3.70. The van der Waals surface area contributed by atoms with Crippen LogP contribution in [0.4, 0.5) is 0 Å². The van der Waals surface area contributed by atoms with Gasteiger partial charge in [0.25, 0.3) is 6.33 Å². The lowest BCUT2D eigenvalue weighted by atomic mass is 9.81. The number of fused-ring (bicyclic) bond motifs is 3. The zero-order valence-electron chi connectivity index (χ0n) is 27.0. The quantitative estimate of drug-likeness (QED) is 0.190. The molecule has 42 heavy (non-hydrogen) atoms. The lowest BCUT2D eigenvalue weighted by Gasteiger charge is -2.27. The normalized spacial score (nSPS) is 12.7. The zero-order valence-corrected chi connectivity index (χ0v) is 27.0. The number of ether oxygens (including phenoxy) is 1. The maximum Gasteiger partial charge on any atom is 0.287 e. The molecule has 5 aromatic rings. The van der Waals surface area contributed by atoms with Gasteiger partial charge in [-0.25, -0.2) is 4.57 Å². The van der Waals surface area contributed by atoms with Crippen molar-refractivity contribution in [2.75, 3.05) is 0 Å². The van der Waals surface area contributed by atoms with E-state index < -0.39 is 0 Å². The van der Waals surface area contributed by atoms with Gasteiger partial charge >= 0.3 is 0 Å². The van der Waals surface area contributed by atoms with Gasteiger partial charge < -0.3 is 4.74 Å². The Balaban J connectivity index is 1.70. The van der Waals surface area contributed by atoms with Crippen LogP contribution in [0.25, 0.3) is 44.1 Å². The van der Waals surface area contributed by atoms with E-state index in [1.165, 1.54) is 61.0 Å². The Kier molecular flexibility index (Phi) is 7.12. The van der Waals surface area contributed by atoms with Crippen LogP contribution in [0.15, 0.2) is 54.9 Å². The number of benzene rings is 4. The number of aromatic nitrogens is 2. The van der Waals surface area contributed by atoms with E-state index in [0.717, 1.165) is 28.8 Å². The van der Waals surface area contributed by atoms with Crippen LogP contribution in [0.5, 0.6) is 11.5 Å². The van der Waals surface area contributed by atoms with Gasteiger partial charge in [-0.2, -0.15) is 0 Å². The maximum atomic E-state index is 7.10. The Morgan fingerprint density at radius 1 is 0.786 bits per heavy atom. The number of hydrogen-bond acceptors (Lipinski definition) is 2. The predicted octanol–water partition coefficient (Wildman–Crippen LogP) is 10.5. The van der Waals surface area contributed by atoms with E-state index in [2.05, 4.69) is 122 Å². The van der Waals surface area contributed by atoms with E-state index in [0.29, 0.717) is 23.7 Å². The first-order valence-electron chi connectivity index (χ1n) is 15.7. The van der Waals surface area contributed by atoms with Gasteiger partial charge in [0.05, 0.1) is 12.6 Å². The third-order valence-corrected chi connectivity index (χ3v) is 9.06. The van der Waals surface area contributed by atoms with Crippen molar-refractivity contribution in [2.45, 2.75) is 86.5 Å². The Morgan fingerprint density at radius 3 is 2.02 bits per heavy atom. The number of aryl methyl sites for hydroxylation is 2. The van der Waals surface area contributed by atoms with Crippen LogP contribution in [0.2, 0.25) is 0 Å². The molecule has 0 saturated carbocycles. The molecule has 0 aliphatic carbocycles. The topological polar surface area (TPSA) is 26.0 Å². The molecule has 0 bridgehead atoms. The monoisotopic (exact) mass is 557 g/mol. The minimum atomic E-state index is 0.397. The molecule has 0 atom stereocenters. The highest BCUT2D eigenvalue weighted by Crippen LogP contribution is 2.52. The standard InChI is InChI=1S/C39H45N2O/c1-21(2)15-32-29-14-12-11-13-28(29)25(9)35-38-37-33(40-20-41(38)10)18-27(19-34(37)42-39(32)35)36-30(23(5)6)16-26(22(3)4)17-31(36)24(7)8/h11-14,16-24H,15H2,1-10H3/q+1. The van der Waals surface area contributed by atoms with E-state index in [9.17, 15) is 0 Å². The van der Waals surface area contributed by atoms with Crippen molar-refractivity contribution in [3.8, 4) is 33.9 Å². The van der Waals surface area contributed by atoms with E-state index in [-0.39, 0.29) is 0 Å². The van der Waals surface area contributed by atoms with Crippen molar-refractivity contribution in [3.63, 3.8) is 0 Å². The van der Waals surface area contributed by atoms with Crippen molar-refractivity contribution < 1.29 is 9.30 Å². The molecule has 0 spiro atoms. The Bertz CT molecular complexity index is 1830. The molecule has 4 aromatic carbocycles. The Hall–Kier alpha value is -3.72. The molecule has 2 heterocycles. The van der Waals surface area contributed by atoms with Gasteiger partial charge in [0.1, 0.15) is 16.9 Å². The fourth-order valence-corrected chi connectivity index (χ4v) is 6.91. The van der Waals surface area contributed by atoms with Gasteiger partial charge in [-0.3, -0.25) is 0 Å². The van der Waals surface area contributed by atoms with Crippen LogP contribution >= 0.6 is 0 Å². The summed E-state index contributed by atoms with van der Waals surface area (Å²) in [6.45, 7) is 20.7. The number of rotatable bonds is 6. The van der Waals surface area contributed by atoms with Crippen LogP contribution in [-0.2, 0) is 13.5 Å². The zero-order chi connectivity index (χ0) is 30.0. The third-order valence-electron chi connectivity index (χ3n) is 9.06. The highest BCUT2D eigenvalue weighted by molar-refractivity contribution is 6.06. The van der Waals surface area contributed by atoms with Crippen LogP contribution in [0.1, 0.15) is 101 Å². The molecule has 1 aliphatic heterocycles. The van der Waals surface area contributed by atoms with Crippen molar-refractivity contribution in [1.82, 2.24) is 4.98 Å². The van der Waals surface area contributed by atoms with Gasteiger partial charge in [0.2, 0.25) is 0 Å². The molecular weight excluding hydrogens is 512 g/mol. The van der Waals surface area contributed by atoms with Gasteiger partial charge in [-0.05, 0) is 98.3 Å². The second-order valence-corrected chi connectivity index (χ2v) is 13.7. The summed E-state index contributed by atoms with van der Waals surface area (Å²) in [4.78, 5) is 4.98. The molecule has 0 fully saturated rings. The fourth-order valence-electron chi connectivity index (χ4n) is 6.91. The minimum Gasteiger partial charge on any atom is -0.455 e. The van der Waals surface area contributed by atoms with Crippen molar-refractivity contribution in [2.24, 2.45) is 13.0 Å². The molecule has 0 saturated heterocycles. The summed E-state index contributed by atoms with van der Waals surface area (Å²) in [5.41, 5.74) is 12.7. The first-order chi connectivity index (χ1) is 20.0.